The molecule has 0 saturated carbocycles. The lowest BCUT2D eigenvalue weighted by Gasteiger charge is -2.13. The van der Waals surface area contributed by atoms with Gasteiger partial charge in [-0.3, -0.25) is 10.1 Å². The number of oxazole rings is 1. The number of halogens is 1. The first-order chi connectivity index (χ1) is 15.9. The Bertz CT molecular complexity index is 1340. The van der Waals surface area contributed by atoms with Crippen LogP contribution in [0.25, 0.3) is 22.6 Å². The molecular weight excluding hydrogens is 506 g/mol. The number of hydrogen-bond donors (Lipinski definition) is 3. The molecule has 1 amide bonds. The fourth-order valence-electron chi connectivity index (χ4n) is 3.25. The SMILES string of the molecule is CCOc1ccc(C(=O)NC(=S)Nc2cc(C)c(O)c(-c3nc4ccccc4o3)c2)cc1Br. The number of aromatic nitrogens is 1. The van der Waals surface area contributed by atoms with Crippen LogP contribution in [0.5, 0.6) is 11.5 Å². The molecule has 0 aliphatic carbocycles. The third kappa shape index (κ3) is 4.99. The minimum atomic E-state index is -0.370. The third-order valence-corrected chi connectivity index (χ3v) is 5.63. The quantitative estimate of drug-likeness (QED) is 0.224. The van der Waals surface area contributed by atoms with Crippen molar-refractivity contribution < 1.29 is 19.1 Å². The van der Waals surface area contributed by atoms with Gasteiger partial charge in [-0.25, -0.2) is 4.98 Å². The van der Waals surface area contributed by atoms with Crippen molar-refractivity contribution >= 4 is 56.0 Å². The highest BCUT2D eigenvalue weighted by molar-refractivity contribution is 9.10. The number of para-hydroxylation sites is 2. The maximum absolute atomic E-state index is 12.6. The Balaban J connectivity index is 1.52. The number of fused-ring (bicyclic) bond motifs is 1. The molecule has 0 atom stereocenters. The number of carbonyl (C=O) groups is 1. The largest absolute Gasteiger partial charge is 0.507 e. The second-order valence-electron chi connectivity index (χ2n) is 7.16. The summed E-state index contributed by atoms with van der Waals surface area (Å²) in [4.78, 5) is 17.1. The van der Waals surface area contributed by atoms with Crippen LogP contribution in [-0.2, 0) is 0 Å². The van der Waals surface area contributed by atoms with E-state index in [9.17, 15) is 9.90 Å². The molecule has 0 aliphatic rings. The van der Waals surface area contributed by atoms with Crippen molar-refractivity contribution in [2.75, 3.05) is 11.9 Å². The molecule has 3 aromatic carbocycles. The third-order valence-electron chi connectivity index (χ3n) is 4.80. The van der Waals surface area contributed by atoms with Gasteiger partial charge in [-0.15, -0.1) is 0 Å². The van der Waals surface area contributed by atoms with Crippen LogP contribution in [0.2, 0.25) is 0 Å². The first kappa shape index (κ1) is 22.8. The fourth-order valence-corrected chi connectivity index (χ4v) is 3.96. The molecule has 7 nitrogen and oxygen atoms in total. The Morgan fingerprint density at radius 2 is 2.00 bits per heavy atom. The van der Waals surface area contributed by atoms with Crippen molar-refractivity contribution in [3.05, 3.63) is 70.2 Å². The van der Waals surface area contributed by atoms with E-state index >= 15 is 0 Å². The molecule has 9 heteroatoms. The zero-order valence-electron chi connectivity index (χ0n) is 17.8. The predicted molar refractivity (Wildman–Crippen MR) is 135 cm³/mol. The number of aryl methyl sites for hydroxylation is 1. The molecule has 1 aromatic heterocycles. The molecule has 0 fully saturated rings. The van der Waals surface area contributed by atoms with E-state index in [-0.39, 0.29) is 22.7 Å². The van der Waals surface area contributed by atoms with Gasteiger partial charge in [0.15, 0.2) is 10.7 Å². The molecule has 4 rings (SSSR count). The molecule has 0 bridgehead atoms. The number of thiocarbonyl (C=S) groups is 1. The molecule has 168 valence electrons. The van der Waals surface area contributed by atoms with Gasteiger partial charge in [-0.1, -0.05) is 12.1 Å². The zero-order valence-corrected chi connectivity index (χ0v) is 20.2. The van der Waals surface area contributed by atoms with Crippen molar-refractivity contribution in [1.29, 1.82) is 0 Å². The lowest BCUT2D eigenvalue weighted by molar-refractivity contribution is 0.0977. The van der Waals surface area contributed by atoms with E-state index in [2.05, 4.69) is 31.5 Å². The van der Waals surface area contributed by atoms with E-state index in [0.717, 1.165) is 0 Å². The maximum Gasteiger partial charge on any atom is 0.257 e. The smallest absolute Gasteiger partial charge is 0.257 e. The van der Waals surface area contributed by atoms with Crippen LogP contribution < -0.4 is 15.4 Å². The number of amides is 1. The summed E-state index contributed by atoms with van der Waals surface area (Å²) in [6.07, 6.45) is 0. The standard InChI is InChI=1S/C24H20BrN3O4S/c1-3-31-19-9-8-14(11-17(19)25)22(30)28-24(33)26-15-10-13(2)21(29)16(12-15)23-27-18-6-4-5-7-20(18)32-23/h4-12,29H,3H2,1-2H3,(H2,26,28,30,33). The number of rotatable bonds is 5. The molecule has 0 spiro atoms. The van der Waals surface area contributed by atoms with Gasteiger partial charge in [-0.05, 0) is 90.0 Å². The van der Waals surface area contributed by atoms with Gasteiger partial charge in [-0.2, -0.15) is 0 Å². The van der Waals surface area contributed by atoms with E-state index in [1.54, 1.807) is 37.3 Å². The summed E-state index contributed by atoms with van der Waals surface area (Å²) >= 11 is 8.72. The number of aromatic hydroxyl groups is 1. The van der Waals surface area contributed by atoms with Gasteiger partial charge in [0.05, 0.1) is 16.6 Å². The van der Waals surface area contributed by atoms with E-state index in [0.29, 0.717) is 50.3 Å². The summed E-state index contributed by atoms with van der Waals surface area (Å²) < 4.78 is 11.9. The highest BCUT2D eigenvalue weighted by Crippen LogP contribution is 2.36. The highest BCUT2D eigenvalue weighted by Gasteiger charge is 2.17. The van der Waals surface area contributed by atoms with Gasteiger partial charge >= 0.3 is 0 Å². The number of phenols is 1. The summed E-state index contributed by atoms with van der Waals surface area (Å²) in [5, 5.41) is 16.3. The average Bonchev–Trinajstić information content (AvgIpc) is 3.21. The summed E-state index contributed by atoms with van der Waals surface area (Å²) in [5.74, 6) is 0.628. The zero-order chi connectivity index (χ0) is 23.5. The summed E-state index contributed by atoms with van der Waals surface area (Å²) in [6.45, 7) is 4.17. The Hall–Kier alpha value is -3.43. The number of hydrogen-bond acceptors (Lipinski definition) is 6. The van der Waals surface area contributed by atoms with Gasteiger partial charge in [0.2, 0.25) is 5.89 Å². The molecular formula is C24H20BrN3O4S. The lowest BCUT2D eigenvalue weighted by atomic mass is 10.1. The molecule has 4 aromatic rings. The minimum Gasteiger partial charge on any atom is -0.507 e. The predicted octanol–water partition coefficient (Wildman–Crippen LogP) is 5.80. The van der Waals surface area contributed by atoms with Crippen molar-refractivity contribution in [2.45, 2.75) is 13.8 Å². The van der Waals surface area contributed by atoms with Gasteiger partial charge in [0.1, 0.15) is 17.0 Å². The molecule has 1 heterocycles. The van der Waals surface area contributed by atoms with Crippen LogP contribution in [0.4, 0.5) is 5.69 Å². The van der Waals surface area contributed by atoms with Crippen LogP contribution in [-0.4, -0.2) is 27.7 Å². The van der Waals surface area contributed by atoms with Crippen LogP contribution in [0.3, 0.4) is 0 Å². The van der Waals surface area contributed by atoms with Crippen LogP contribution in [0, 0.1) is 6.92 Å². The number of anilines is 1. The monoisotopic (exact) mass is 525 g/mol. The molecule has 0 aliphatic heterocycles. The topological polar surface area (TPSA) is 96.6 Å². The van der Waals surface area contributed by atoms with E-state index < -0.39 is 0 Å². The first-order valence-corrected chi connectivity index (χ1v) is 11.3. The van der Waals surface area contributed by atoms with Crippen molar-refractivity contribution in [2.24, 2.45) is 0 Å². The molecule has 0 unspecified atom stereocenters. The molecule has 33 heavy (non-hydrogen) atoms. The van der Waals surface area contributed by atoms with Gasteiger partial charge in [0.25, 0.3) is 5.91 Å². The maximum atomic E-state index is 12.6. The van der Waals surface area contributed by atoms with Crippen molar-refractivity contribution in [3.63, 3.8) is 0 Å². The Kier molecular flexibility index (Phi) is 6.62. The average molecular weight is 526 g/mol. The Morgan fingerprint density at radius 1 is 1.21 bits per heavy atom. The van der Waals surface area contributed by atoms with Crippen LogP contribution in [0.15, 0.2) is 63.5 Å². The van der Waals surface area contributed by atoms with Crippen molar-refractivity contribution in [1.82, 2.24) is 10.3 Å². The number of ether oxygens (including phenoxy) is 1. The van der Waals surface area contributed by atoms with Gasteiger partial charge in [0, 0.05) is 11.3 Å². The van der Waals surface area contributed by atoms with E-state index in [4.69, 9.17) is 21.4 Å². The Labute approximate surface area is 203 Å². The second kappa shape index (κ2) is 9.60. The van der Waals surface area contributed by atoms with Crippen LogP contribution >= 0.6 is 28.1 Å². The van der Waals surface area contributed by atoms with Crippen molar-refractivity contribution in [3.8, 4) is 23.0 Å². The summed E-state index contributed by atoms with van der Waals surface area (Å²) in [6, 6.07) is 15.8. The normalized spacial score (nSPS) is 10.8. The second-order valence-corrected chi connectivity index (χ2v) is 8.43. The summed E-state index contributed by atoms with van der Waals surface area (Å²) in [7, 11) is 0. The number of benzene rings is 3. The molecule has 0 saturated heterocycles. The molecule has 0 radical (unpaired) electrons. The lowest BCUT2D eigenvalue weighted by Crippen LogP contribution is -2.34. The number of nitrogens with zero attached hydrogens (tertiary/aromatic N) is 1. The van der Waals surface area contributed by atoms with Crippen LogP contribution in [0.1, 0.15) is 22.8 Å². The Morgan fingerprint density at radius 3 is 2.73 bits per heavy atom. The number of nitrogens with one attached hydrogen (secondary N) is 2. The van der Waals surface area contributed by atoms with E-state index in [1.807, 2.05) is 31.2 Å². The molecule has 3 N–H and O–H groups in total. The van der Waals surface area contributed by atoms with E-state index in [1.165, 1.54) is 0 Å². The van der Waals surface area contributed by atoms with Gasteiger partial charge < -0.3 is 19.6 Å². The summed E-state index contributed by atoms with van der Waals surface area (Å²) in [5.41, 5.74) is 3.31. The highest BCUT2D eigenvalue weighted by atomic mass is 79.9. The minimum absolute atomic E-state index is 0.0568. The number of phenolic OH excluding ortho intramolecular Hbond substituents is 1. The number of carbonyl (C=O) groups excluding carboxylic acids is 1. The fraction of sp³-hybridized carbons (Fsp3) is 0.125. The first-order valence-electron chi connectivity index (χ1n) is 10.1.